The number of rotatable bonds is 3. The number of hydrogen-bond acceptors (Lipinski definition) is 3. The Hall–Kier alpha value is -2.22. The summed E-state index contributed by atoms with van der Waals surface area (Å²) in [5.41, 5.74) is 0.0336. The van der Waals surface area contributed by atoms with E-state index in [0.29, 0.717) is 31.2 Å². The first-order valence-corrected chi connectivity index (χ1v) is 8.10. The lowest BCUT2D eigenvalue weighted by Gasteiger charge is -2.36. The summed E-state index contributed by atoms with van der Waals surface area (Å²) in [5, 5.41) is 4.07. The summed E-state index contributed by atoms with van der Waals surface area (Å²) in [5.74, 6) is -0.243. The highest BCUT2D eigenvalue weighted by Gasteiger charge is 2.33. The molecule has 0 spiro atoms. The van der Waals surface area contributed by atoms with Crippen molar-refractivity contribution in [2.45, 2.75) is 12.7 Å². The highest BCUT2D eigenvalue weighted by atomic mass is 35.5. The summed E-state index contributed by atoms with van der Waals surface area (Å²) < 4.78 is 38.6. The van der Waals surface area contributed by atoms with Crippen LogP contribution in [0.2, 0.25) is 5.02 Å². The molecule has 1 amide bonds. The third-order valence-electron chi connectivity index (χ3n) is 4.05. The molecule has 1 aliphatic rings. The largest absolute Gasteiger partial charge is 0.435 e. The molecule has 5 nitrogen and oxygen atoms in total. The number of carbonyl (C=O) groups is 1. The minimum atomic E-state index is -4.50. The molecule has 2 heterocycles. The van der Waals surface area contributed by atoms with Crippen LogP contribution in [0.4, 0.5) is 18.9 Å². The van der Waals surface area contributed by atoms with E-state index < -0.39 is 11.9 Å². The topological polar surface area (TPSA) is 41.4 Å². The Morgan fingerprint density at radius 3 is 2.28 bits per heavy atom. The van der Waals surface area contributed by atoms with Crippen molar-refractivity contribution in [3.05, 3.63) is 47.2 Å². The molecule has 1 saturated heterocycles. The van der Waals surface area contributed by atoms with Crippen molar-refractivity contribution in [2.24, 2.45) is 0 Å². The fraction of sp³-hybridized carbons (Fsp3) is 0.375. The van der Waals surface area contributed by atoms with E-state index in [1.165, 1.54) is 6.20 Å². The van der Waals surface area contributed by atoms with E-state index in [4.69, 9.17) is 11.6 Å². The SMILES string of the molecule is O=C(Cn1ccc(C(F)(F)F)n1)N1CCN(c2ccc(Cl)cc2)CC1. The number of piperazine rings is 1. The van der Waals surface area contributed by atoms with E-state index >= 15 is 0 Å². The molecule has 25 heavy (non-hydrogen) atoms. The number of carbonyl (C=O) groups excluding carboxylic acids is 1. The van der Waals surface area contributed by atoms with Gasteiger partial charge >= 0.3 is 6.18 Å². The van der Waals surface area contributed by atoms with Crippen LogP contribution in [0.15, 0.2) is 36.5 Å². The molecular formula is C16H16ClF3N4O. The van der Waals surface area contributed by atoms with Crippen LogP contribution in [-0.2, 0) is 17.5 Å². The summed E-state index contributed by atoms with van der Waals surface area (Å²) in [6.07, 6.45) is -3.33. The zero-order chi connectivity index (χ0) is 18.0. The quantitative estimate of drug-likeness (QED) is 0.832. The van der Waals surface area contributed by atoms with E-state index in [2.05, 4.69) is 10.00 Å². The van der Waals surface area contributed by atoms with Gasteiger partial charge in [-0.15, -0.1) is 0 Å². The number of benzene rings is 1. The van der Waals surface area contributed by atoms with Crippen molar-refractivity contribution in [2.75, 3.05) is 31.1 Å². The molecule has 0 atom stereocenters. The predicted molar refractivity (Wildman–Crippen MR) is 87.5 cm³/mol. The van der Waals surface area contributed by atoms with Crippen molar-refractivity contribution in [3.63, 3.8) is 0 Å². The van der Waals surface area contributed by atoms with Crippen molar-refractivity contribution in [1.82, 2.24) is 14.7 Å². The highest BCUT2D eigenvalue weighted by Crippen LogP contribution is 2.27. The van der Waals surface area contributed by atoms with Gasteiger partial charge < -0.3 is 9.80 Å². The van der Waals surface area contributed by atoms with Crippen LogP contribution in [0, 0.1) is 0 Å². The average Bonchev–Trinajstić information content (AvgIpc) is 3.04. The Kier molecular flexibility index (Phi) is 4.89. The van der Waals surface area contributed by atoms with Gasteiger partial charge in [0, 0.05) is 43.1 Å². The predicted octanol–water partition coefficient (Wildman–Crippen LogP) is 2.90. The summed E-state index contributed by atoms with van der Waals surface area (Å²) in [6, 6.07) is 8.32. The zero-order valence-electron chi connectivity index (χ0n) is 13.2. The Bertz CT molecular complexity index is 737. The van der Waals surface area contributed by atoms with E-state index in [9.17, 15) is 18.0 Å². The maximum absolute atomic E-state index is 12.5. The molecule has 9 heteroatoms. The standard InChI is InChI=1S/C16H16ClF3N4O/c17-12-1-3-13(4-2-12)22-7-9-23(10-8-22)15(25)11-24-6-5-14(21-24)16(18,19)20/h1-6H,7-11H2. The number of halogens is 4. The Labute approximate surface area is 147 Å². The Morgan fingerprint density at radius 1 is 1.08 bits per heavy atom. The molecule has 1 fully saturated rings. The van der Waals surface area contributed by atoms with E-state index in [-0.39, 0.29) is 12.5 Å². The van der Waals surface area contributed by atoms with Gasteiger partial charge in [0.15, 0.2) is 5.69 Å². The zero-order valence-corrected chi connectivity index (χ0v) is 14.0. The summed E-state index contributed by atoms with van der Waals surface area (Å²) in [7, 11) is 0. The van der Waals surface area contributed by atoms with Gasteiger partial charge in [-0.25, -0.2) is 0 Å². The summed E-state index contributed by atoms with van der Waals surface area (Å²) in [4.78, 5) is 16.0. The van der Waals surface area contributed by atoms with Crippen LogP contribution < -0.4 is 4.90 Å². The molecule has 0 bridgehead atoms. The van der Waals surface area contributed by atoms with Crippen molar-refractivity contribution >= 4 is 23.2 Å². The third-order valence-corrected chi connectivity index (χ3v) is 4.30. The fourth-order valence-corrected chi connectivity index (χ4v) is 2.83. The molecular weight excluding hydrogens is 357 g/mol. The van der Waals surface area contributed by atoms with Crippen LogP contribution in [0.25, 0.3) is 0 Å². The second-order valence-electron chi connectivity index (χ2n) is 5.74. The maximum atomic E-state index is 12.5. The van der Waals surface area contributed by atoms with E-state index in [0.717, 1.165) is 16.4 Å². The first-order valence-electron chi connectivity index (χ1n) is 7.72. The van der Waals surface area contributed by atoms with Gasteiger partial charge in [0.2, 0.25) is 5.91 Å². The van der Waals surface area contributed by atoms with Gasteiger partial charge in [-0.2, -0.15) is 18.3 Å². The number of amides is 1. The monoisotopic (exact) mass is 372 g/mol. The van der Waals surface area contributed by atoms with Crippen molar-refractivity contribution in [3.8, 4) is 0 Å². The second-order valence-corrected chi connectivity index (χ2v) is 6.18. The first kappa shape index (κ1) is 17.6. The first-order chi connectivity index (χ1) is 11.8. The molecule has 0 unspecified atom stereocenters. The van der Waals surface area contributed by atoms with Crippen molar-refractivity contribution in [1.29, 1.82) is 0 Å². The van der Waals surface area contributed by atoms with Crippen LogP contribution in [0.3, 0.4) is 0 Å². The minimum Gasteiger partial charge on any atom is -0.368 e. The minimum absolute atomic E-state index is 0.197. The fourth-order valence-electron chi connectivity index (χ4n) is 2.71. The second kappa shape index (κ2) is 6.95. The lowest BCUT2D eigenvalue weighted by atomic mass is 10.2. The maximum Gasteiger partial charge on any atom is 0.435 e. The molecule has 1 aromatic carbocycles. The Morgan fingerprint density at radius 2 is 1.72 bits per heavy atom. The lowest BCUT2D eigenvalue weighted by molar-refractivity contribution is -0.142. The normalized spacial score (nSPS) is 15.5. The van der Waals surface area contributed by atoms with Gasteiger partial charge in [0.25, 0.3) is 0 Å². The van der Waals surface area contributed by atoms with Gasteiger partial charge in [0.05, 0.1) is 0 Å². The number of alkyl halides is 3. The average molecular weight is 373 g/mol. The molecule has 0 radical (unpaired) electrons. The lowest BCUT2D eigenvalue weighted by Crippen LogP contribution is -2.49. The molecule has 0 N–H and O–H groups in total. The van der Waals surface area contributed by atoms with Crippen LogP contribution in [0.5, 0.6) is 0 Å². The van der Waals surface area contributed by atoms with Crippen LogP contribution >= 0.6 is 11.6 Å². The van der Waals surface area contributed by atoms with Crippen molar-refractivity contribution < 1.29 is 18.0 Å². The molecule has 1 aromatic heterocycles. The smallest absolute Gasteiger partial charge is 0.368 e. The highest BCUT2D eigenvalue weighted by molar-refractivity contribution is 6.30. The number of hydrogen-bond donors (Lipinski definition) is 0. The summed E-state index contributed by atoms with van der Waals surface area (Å²) in [6.45, 7) is 2.13. The molecule has 3 rings (SSSR count). The molecule has 0 saturated carbocycles. The van der Waals surface area contributed by atoms with Crippen LogP contribution in [0.1, 0.15) is 5.69 Å². The van der Waals surface area contributed by atoms with E-state index in [1.54, 1.807) is 4.90 Å². The number of anilines is 1. The molecule has 0 aliphatic carbocycles. The van der Waals surface area contributed by atoms with Gasteiger partial charge in [-0.3, -0.25) is 9.48 Å². The Balaban J connectivity index is 1.55. The molecule has 134 valence electrons. The van der Waals surface area contributed by atoms with E-state index in [1.807, 2.05) is 24.3 Å². The number of aromatic nitrogens is 2. The van der Waals surface area contributed by atoms with Gasteiger partial charge in [0.1, 0.15) is 6.54 Å². The van der Waals surface area contributed by atoms with Gasteiger partial charge in [-0.1, -0.05) is 11.6 Å². The summed E-state index contributed by atoms with van der Waals surface area (Å²) >= 11 is 5.87. The van der Waals surface area contributed by atoms with Crippen LogP contribution in [-0.4, -0.2) is 46.8 Å². The molecule has 1 aliphatic heterocycles. The van der Waals surface area contributed by atoms with Gasteiger partial charge in [-0.05, 0) is 30.3 Å². The molecule has 2 aromatic rings. The third kappa shape index (κ3) is 4.25. The number of nitrogens with zero attached hydrogens (tertiary/aromatic N) is 4.